The summed E-state index contributed by atoms with van der Waals surface area (Å²) < 4.78 is 1.85. The topological polar surface area (TPSA) is 63.9 Å². The fraction of sp³-hybridized carbons (Fsp3) is 0.467. The van der Waals surface area contributed by atoms with Gasteiger partial charge in [-0.15, -0.1) is 0 Å². The Hall–Kier alpha value is -2.24. The van der Waals surface area contributed by atoms with Crippen molar-refractivity contribution in [2.45, 2.75) is 26.2 Å². The van der Waals surface area contributed by atoms with Gasteiger partial charge in [0.25, 0.3) is 0 Å². The maximum atomic E-state index is 11.5. The summed E-state index contributed by atoms with van der Waals surface area (Å²) in [5, 5.41) is 0. The summed E-state index contributed by atoms with van der Waals surface area (Å²) in [5.41, 5.74) is 0.969. The van der Waals surface area contributed by atoms with Crippen LogP contribution in [0.4, 0.5) is 0 Å². The number of rotatable bonds is 3. The molecule has 21 heavy (non-hydrogen) atoms. The molecule has 3 heterocycles. The van der Waals surface area contributed by atoms with Crippen molar-refractivity contribution in [1.82, 2.24) is 24.4 Å². The van der Waals surface area contributed by atoms with E-state index >= 15 is 0 Å². The highest BCUT2D eigenvalue weighted by molar-refractivity contribution is 5.73. The quantitative estimate of drug-likeness (QED) is 0.856. The van der Waals surface area contributed by atoms with Crippen molar-refractivity contribution in [1.29, 1.82) is 0 Å². The van der Waals surface area contributed by atoms with Gasteiger partial charge in [-0.3, -0.25) is 14.3 Å². The first-order chi connectivity index (χ1) is 10.2. The average Bonchev–Trinajstić information content (AvgIpc) is 3.02. The van der Waals surface area contributed by atoms with E-state index in [1.165, 1.54) is 0 Å². The van der Waals surface area contributed by atoms with Crippen LogP contribution in [0.3, 0.4) is 0 Å². The van der Waals surface area contributed by atoms with Crippen molar-refractivity contribution in [3.8, 4) is 5.82 Å². The average molecular weight is 285 g/mol. The summed E-state index contributed by atoms with van der Waals surface area (Å²) in [6.07, 6.45) is 11.9. The van der Waals surface area contributed by atoms with E-state index in [-0.39, 0.29) is 5.91 Å². The molecule has 2 aromatic heterocycles. The highest BCUT2D eigenvalue weighted by Gasteiger charge is 2.22. The van der Waals surface area contributed by atoms with Crippen molar-refractivity contribution >= 4 is 5.91 Å². The van der Waals surface area contributed by atoms with E-state index < -0.39 is 0 Å². The van der Waals surface area contributed by atoms with Crippen molar-refractivity contribution in [3.63, 3.8) is 0 Å². The van der Waals surface area contributed by atoms with E-state index in [0.29, 0.717) is 5.92 Å². The number of hydrogen-bond acceptors (Lipinski definition) is 4. The Morgan fingerprint density at radius 3 is 3.05 bits per heavy atom. The number of amides is 1. The first-order valence-corrected chi connectivity index (χ1v) is 7.27. The molecule has 1 unspecified atom stereocenters. The molecular formula is C15H19N5O. The second kappa shape index (κ2) is 6.03. The van der Waals surface area contributed by atoms with Gasteiger partial charge in [-0.05, 0) is 25.2 Å². The van der Waals surface area contributed by atoms with E-state index in [1.807, 2.05) is 21.9 Å². The van der Waals surface area contributed by atoms with Crippen LogP contribution < -0.4 is 0 Å². The number of hydrogen-bond donors (Lipinski definition) is 0. The molecule has 1 atom stereocenters. The number of imidazole rings is 1. The molecule has 110 valence electrons. The Balaban J connectivity index is 1.70. The molecule has 0 saturated carbocycles. The lowest BCUT2D eigenvalue weighted by Gasteiger charge is -2.31. The van der Waals surface area contributed by atoms with Crippen LogP contribution >= 0.6 is 0 Å². The molecular weight excluding hydrogens is 266 g/mol. The Kier molecular flexibility index (Phi) is 3.94. The summed E-state index contributed by atoms with van der Waals surface area (Å²) in [4.78, 5) is 26.4. The van der Waals surface area contributed by atoms with Crippen molar-refractivity contribution in [2.75, 3.05) is 13.1 Å². The van der Waals surface area contributed by atoms with Crippen LogP contribution in [0.2, 0.25) is 0 Å². The zero-order chi connectivity index (χ0) is 14.7. The number of aromatic nitrogens is 4. The van der Waals surface area contributed by atoms with Gasteiger partial charge in [0.1, 0.15) is 6.33 Å². The largest absolute Gasteiger partial charge is 0.343 e. The summed E-state index contributed by atoms with van der Waals surface area (Å²) in [6, 6.07) is 0. The highest BCUT2D eigenvalue weighted by Crippen LogP contribution is 2.20. The lowest BCUT2D eigenvalue weighted by atomic mass is 9.93. The first-order valence-electron chi connectivity index (χ1n) is 7.27. The Labute approximate surface area is 123 Å². The van der Waals surface area contributed by atoms with Gasteiger partial charge in [-0.2, -0.15) is 0 Å². The van der Waals surface area contributed by atoms with Gasteiger partial charge < -0.3 is 4.90 Å². The minimum absolute atomic E-state index is 0.165. The molecule has 0 aliphatic carbocycles. The Morgan fingerprint density at radius 1 is 1.38 bits per heavy atom. The maximum absolute atomic E-state index is 11.5. The minimum atomic E-state index is 0.165. The van der Waals surface area contributed by atoms with Gasteiger partial charge in [0.05, 0.1) is 11.9 Å². The van der Waals surface area contributed by atoms with Crippen LogP contribution in [0.15, 0.2) is 31.1 Å². The van der Waals surface area contributed by atoms with Crippen LogP contribution in [0, 0.1) is 5.92 Å². The van der Waals surface area contributed by atoms with Gasteiger partial charge in [-0.25, -0.2) is 9.97 Å². The van der Waals surface area contributed by atoms with Crippen molar-refractivity contribution in [2.24, 2.45) is 5.92 Å². The van der Waals surface area contributed by atoms with Crippen LogP contribution in [0.5, 0.6) is 0 Å². The van der Waals surface area contributed by atoms with E-state index in [2.05, 4.69) is 15.0 Å². The molecule has 1 saturated heterocycles. The van der Waals surface area contributed by atoms with Crippen LogP contribution in [0.1, 0.15) is 25.5 Å². The molecule has 6 heteroatoms. The second-order valence-electron chi connectivity index (χ2n) is 5.52. The van der Waals surface area contributed by atoms with Crippen LogP contribution in [-0.4, -0.2) is 43.4 Å². The molecule has 0 bridgehead atoms. The standard InChI is InChI=1S/C15H19N5O/c1-12(21)19-5-2-3-13(10-19)7-14-8-17-9-15(18-14)20-6-4-16-11-20/h4,6,8-9,11,13H,2-3,5,7,10H2,1H3. The monoisotopic (exact) mass is 285 g/mol. The molecule has 6 nitrogen and oxygen atoms in total. The fourth-order valence-electron chi connectivity index (χ4n) is 2.83. The lowest BCUT2D eigenvalue weighted by molar-refractivity contribution is -0.130. The molecule has 1 aliphatic heterocycles. The molecule has 0 N–H and O–H groups in total. The summed E-state index contributed by atoms with van der Waals surface area (Å²) in [7, 11) is 0. The van der Waals surface area contributed by atoms with Crippen LogP contribution in [0.25, 0.3) is 5.82 Å². The smallest absolute Gasteiger partial charge is 0.219 e. The molecule has 2 aromatic rings. The third kappa shape index (κ3) is 3.26. The van der Waals surface area contributed by atoms with E-state index in [1.54, 1.807) is 25.6 Å². The molecule has 0 aromatic carbocycles. The third-order valence-electron chi connectivity index (χ3n) is 3.90. The van der Waals surface area contributed by atoms with Crippen molar-refractivity contribution in [3.05, 3.63) is 36.8 Å². The molecule has 3 rings (SSSR count). The number of nitrogens with zero attached hydrogens (tertiary/aromatic N) is 5. The van der Waals surface area contributed by atoms with Gasteiger partial charge in [0.2, 0.25) is 5.91 Å². The lowest BCUT2D eigenvalue weighted by Crippen LogP contribution is -2.39. The number of piperidine rings is 1. The van der Waals surface area contributed by atoms with Gasteiger partial charge >= 0.3 is 0 Å². The molecule has 0 spiro atoms. The van der Waals surface area contributed by atoms with Crippen LogP contribution in [-0.2, 0) is 11.2 Å². The Bertz CT molecular complexity index is 610. The maximum Gasteiger partial charge on any atom is 0.219 e. The summed E-state index contributed by atoms with van der Waals surface area (Å²) in [6.45, 7) is 3.35. The van der Waals surface area contributed by atoms with Gasteiger partial charge in [0, 0.05) is 38.6 Å². The predicted molar refractivity (Wildman–Crippen MR) is 77.8 cm³/mol. The third-order valence-corrected chi connectivity index (χ3v) is 3.90. The minimum Gasteiger partial charge on any atom is -0.343 e. The molecule has 1 fully saturated rings. The molecule has 0 radical (unpaired) electrons. The predicted octanol–water partition coefficient (Wildman–Crippen LogP) is 1.46. The second-order valence-corrected chi connectivity index (χ2v) is 5.52. The summed E-state index contributed by atoms with van der Waals surface area (Å²) in [5.74, 6) is 1.41. The highest BCUT2D eigenvalue weighted by atomic mass is 16.2. The molecule has 1 aliphatic rings. The van der Waals surface area contributed by atoms with Gasteiger partial charge in [0.15, 0.2) is 5.82 Å². The SMILES string of the molecule is CC(=O)N1CCCC(Cc2cncc(-n3ccnc3)n2)C1. The molecule has 1 amide bonds. The van der Waals surface area contributed by atoms with Gasteiger partial charge in [-0.1, -0.05) is 0 Å². The van der Waals surface area contributed by atoms with Crippen molar-refractivity contribution < 1.29 is 4.79 Å². The number of carbonyl (C=O) groups excluding carboxylic acids is 1. The summed E-state index contributed by atoms with van der Waals surface area (Å²) >= 11 is 0. The Morgan fingerprint density at radius 2 is 2.29 bits per heavy atom. The first kappa shape index (κ1) is 13.7. The van der Waals surface area contributed by atoms with E-state index in [4.69, 9.17) is 0 Å². The zero-order valence-corrected chi connectivity index (χ0v) is 12.1. The van der Waals surface area contributed by atoms with E-state index in [0.717, 1.165) is 43.9 Å². The zero-order valence-electron chi connectivity index (χ0n) is 12.1. The number of carbonyl (C=O) groups is 1. The fourth-order valence-corrected chi connectivity index (χ4v) is 2.83. The normalized spacial score (nSPS) is 18.7. The van der Waals surface area contributed by atoms with E-state index in [9.17, 15) is 4.79 Å². The number of likely N-dealkylation sites (tertiary alicyclic amines) is 1.